The zero-order chi connectivity index (χ0) is 14.6. The van der Waals surface area contributed by atoms with Crippen LogP contribution in [0, 0.1) is 0 Å². The first-order valence-electron chi connectivity index (χ1n) is 8.32. The molecular weight excluding hydrogens is 263 g/mol. The van der Waals surface area contributed by atoms with Gasteiger partial charge in [0.2, 0.25) is 0 Å². The Labute approximate surface area is 127 Å². The predicted octanol–water partition coefficient (Wildman–Crippen LogP) is 5.41. The van der Waals surface area contributed by atoms with Gasteiger partial charge in [0.1, 0.15) is 0 Å². The Hall–Kier alpha value is -0.390. The topological polar surface area (TPSA) is 9.23 Å². The van der Waals surface area contributed by atoms with E-state index in [2.05, 4.69) is 39.0 Å². The highest BCUT2D eigenvalue weighted by Gasteiger charge is 2.08. The lowest BCUT2D eigenvalue weighted by atomic mass is 9.98. The van der Waals surface area contributed by atoms with E-state index in [-0.39, 0.29) is 0 Å². The van der Waals surface area contributed by atoms with Crippen molar-refractivity contribution in [3.05, 3.63) is 29.3 Å². The highest BCUT2D eigenvalue weighted by molar-refractivity contribution is 7.42. The second kappa shape index (κ2) is 11.3. The van der Waals surface area contributed by atoms with Crippen LogP contribution in [0.15, 0.2) is 18.2 Å². The summed E-state index contributed by atoms with van der Waals surface area (Å²) in [4.78, 5) is 0. The molecule has 0 fully saturated rings. The van der Waals surface area contributed by atoms with Gasteiger partial charge in [-0.25, -0.2) is 0 Å². The van der Waals surface area contributed by atoms with Gasteiger partial charge < -0.3 is 4.52 Å². The largest absolute Gasteiger partial charge is 0.358 e. The van der Waals surface area contributed by atoms with Gasteiger partial charge in [-0.1, -0.05) is 58.2 Å². The number of rotatable bonds is 11. The lowest BCUT2D eigenvalue weighted by Gasteiger charge is -2.15. The molecule has 0 aromatic heterocycles. The van der Waals surface area contributed by atoms with E-state index in [1.54, 1.807) is 11.1 Å². The van der Waals surface area contributed by atoms with Crippen LogP contribution in [0.3, 0.4) is 0 Å². The van der Waals surface area contributed by atoms with Crippen molar-refractivity contribution in [1.29, 1.82) is 0 Å². The van der Waals surface area contributed by atoms with E-state index in [0.29, 0.717) is 8.81 Å². The zero-order valence-corrected chi connectivity index (χ0v) is 14.5. The third-order valence-electron chi connectivity index (χ3n) is 3.64. The van der Waals surface area contributed by atoms with Crippen LogP contribution in [-0.4, -0.2) is 6.61 Å². The van der Waals surface area contributed by atoms with Gasteiger partial charge in [0.15, 0.2) is 0 Å². The molecule has 2 heteroatoms. The molecule has 1 atom stereocenters. The molecule has 0 amide bonds. The molecule has 0 saturated heterocycles. The van der Waals surface area contributed by atoms with Crippen LogP contribution in [0.2, 0.25) is 0 Å². The Balaban J connectivity index is 2.73. The highest BCUT2D eigenvalue weighted by atomic mass is 31.1. The Kier molecular flexibility index (Phi) is 9.97. The smallest absolute Gasteiger partial charge is 0.0509 e. The van der Waals surface area contributed by atoms with Crippen LogP contribution in [0.4, 0.5) is 0 Å². The summed E-state index contributed by atoms with van der Waals surface area (Å²) < 4.78 is 5.87. The van der Waals surface area contributed by atoms with Gasteiger partial charge in [-0.05, 0) is 43.2 Å². The number of benzene rings is 1. The van der Waals surface area contributed by atoms with Crippen molar-refractivity contribution < 1.29 is 4.52 Å². The number of aryl methyl sites for hydroxylation is 1. The first kappa shape index (κ1) is 17.7. The van der Waals surface area contributed by atoms with Gasteiger partial charge in [-0.3, -0.25) is 0 Å². The molecule has 1 unspecified atom stereocenters. The first-order chi connectivity index (χ1) is 9.83. The fraction of sp³-hybridized carbons (Fsp3) is 0.667. The fourth-order valence-corrected chi connectivity index (χ4v) is 3.30. The van der Waals surface area contributed by atoms with Crippen LogP contribution < -0.4 is 5.30 Å². The van der Waals surface area contributed by atoms with Crippen molar-refractivity contribution in [2.45, 2.75) is 72.1 Å². The van der Waals surface area contributed by atoms with Crippen molar-refractivity contribution in [2.24, 2.45) is 0 Å². The van der Waals surface area contributed by atoms with E-state index < -0.39 is 0 Å². The van der Waals surface area contributed by atoms with Crippen molar-refractivity contribution in [3.63, 3.8) is 0 Å². The van der Waals surface area contributed by atoms with Gasteiger partial charge >= 0.3 is 0 Å². The lowest BCUT2D eigenvalue weighted by molar-refractivity contribution is 0.355. The van der Waals surface area contributed by atoms with Crippen LogP contribution in [0.25, 0.3) is 0 Å². The fourth-order valence-electron chi connectivity index (χ4n) is 2.33. The minimum atomic E-state index is 0.526. The number of hydrogen-bond donors (Lipinski definition) is 0. The molecule has 1 rings (SSSR count). The van der Waals surface area contributed by atoms with E-state index in [4.69, 9.17) is 4.52 Å². The molecular formula is C18H31OP. The van der Waals surface area contributed by atoms with Gasteiger partial charge in [-0.15, -0.1) is 0 Å². The molecule has 1 aromatic rings. The van der Waals surface area contributed by atoms with E-state index in [9.17, 15) is 0 Å². The third kappa shape index (κ3) is 6.37. The van der Waals surface area contributed by atoms with Crippen LogP contribution in [0.1, 0.15) is 70.4 Å². The first-order valence-corrected chi connectivity index (χ1v) is 9.22. The Morgan fingerprint density at radius 2 is 1.60 bits per heavy atom. The van der Waals surface area contributed by atoms with Crippen LogP contribution >= 0.6 is 8.81 Å². The number of unbranched alkanes of at least 4 members (excludes halogenated alkanes) is 3. The number of hydrogen-bond acceptors (Lipinski definition) is 1. The van der Waals surface area contributed by atoms with Gasteiger partial charge in [0.25, 0.3) is 0 Å². The van der Waals surface area contributed by atoms with Gasteiger partial charge in [0.05, 0.1) is 6.61 Å². The van der Waals surface area contributed by atoms with Crippen molar-refractivity contribution in [1.82, 2.24) is 0 Å². The SMILES string of the molecule is CCCCOPc1cccc(CCCC)c1CCCC. The molecule has 0 saturated carbocycles. The molecule has 0 radical (unpaired) electrons. The van der Waals surface area contributed by atoms with Crippen molar-refractivity contribution >= 4 is 14.1 Å². The third-order valence-corrected chi connectivity index (χ3v) is 4.67. The van der Waals surface area contributed by atoms with Gasteiger partial charge in [-0.2, -0.15) is 0 Å². The predicted molar refractivity (Wildman–Crippen MR) is 92.5 cm³/mol. The van der Waals surface area contributed by atoms with Crippen molar-refractivity contribution in [3.8, 4) is 0 Å². The molecule has 0 bridgehead atoms. The normalized spacial score (nSPS) is 11.6. The molecule has 114 valence electrons. The molecule has 1 aromatic carbocycles. The molecule has 0 spiro atoms. The minimum absolute atomic E-state index is 0.526. The summed E-state index contributed by atoms with van der Waals surface area (Å²) in [6.45, 7) is 7.66. The van der Waals surface area contributed by atoms with E-state index in [1.807, 2.05) is 0 Å². The Bertz CT molecular complexity index is 362. The highest BCUT2D eigenvalue weighted by Crippen LogP contribution is 2.21. The molecule has 0 aliphatic carbocycles. The second-order valence-corrected chi connectivity index (χ2v) is 6.49. The Morgan fingerprint density at radius 3 is 2.30 bits per heavy atom. The van der Waals surface area contributed by atoms with Crippen LogP contribution in [-0.2, 0) is 17.4 Å². The second-order valence-electron chi connectivity index (χ2n) is 5.45. The maximum absolute atomic E-state index is 5.87. The van der Waals surface area contributed by atoms with E-state index >= 15 is 0 Å². The summed E-state index contributed by atoms with van der Waals surface area (Å²) in [5, 5.41) is 1.45. The molecule has 20 heavy (non-hydrogen) atoms. The summed E-state index contributed by atoms with van der Waals surface area (Å²) in [6.07, 6.45) is 9.95. The standard InChI is InChI=1S/C18H31OP/c1-4-7-11-16-12-10-14-18(17(16)13-8-5-2)20-19-15-9-6-3/h10,12,14,20H,4-9,11,13,15H2,1-3H3. The molecule has 0 heterocycles. The molecule has 0 aliphatic heterocycles. The van der Waals surface area contributed by atoms with Crippen LogP contribution in [0.5, 0.6) is 0 Å². The van der Waals surface area contributed by atoms with E-state index in [1.165, 1.54) is 56.7 Å². The summed E-state index contributed by atoms with van der Waals surface area (Å²) in [6, 6.07) is 6.80. The summed E-state index contributed by atoms with van der Waals surface area (Å²) in [7, 11) is 0.526. The molecule has 0 aliphatic rings. The summed E-state index contributed by atoms with van der Waals surface area (Å²) in [5.41, 5.74) is 3.14. The van der Waals surface area contributed by atoms with Crippen molar-refractivity contribution in [2.75, 3.05) is 6.61 Å². The maximum Gasteiger partial charge on any atom is 0.0509 e. The molecule has 1 nitrogen and oxygen atoms in total. The quantitative estimate of drug-likeness (QED) is 0.392. The summed E-state index contributed by atoms with van der Waals surface area (Å²) >= 11 is 0. The molecule has 0 N–H and O–H groups in total. The average Bonchev–Trinajstić information content (AvgIpc) is 2.48. The minimum Gasteiger partial charge on any atom is -0.358 e. The van der Waals surface area contributed by atoms with E-state index in [0.717, 1.165) is 6.61 Å². The Morgan fingerprint density at radius 1 is 0.900 bits per heavy atom. The zero-order valence-electron chi connectivity index (χ0n) is 13.5. The monoisotopic (exact) mass is 294 g/mol. The maximum atomic E-state index is 5.87. The van der Waals surface area contributed by atoms with Gasteiger partial charge in [0, 0.05) is 14.1 Å². The average molecular weight is 294 g/mol. The lowest BCUT2D eigenvalue weighted by Crippen LogP contribution is -2.09. The summed E-state index contributed by atoms with van der Waals surface area (Å²) in [5.74, 6) is 0.